The molecule has 2 rings (SSSR count). The molecule has 0 aromatic carbocycles. The van der Waals surface area contributed by atoms with Crippen LogP contribution in [0.15, 0.2) is 12.2 Å². The molecule has 0 unspecified atom stereocenters. The number of amides is 1. The summed E-state index contributed by atoms with van der Waals surface area (Å²) in [6.45, 7) is 0.693. The Kier molecular flexibility index (Phi) is 4.24. The quantitative estimate of drug-likeness (QED) is 0.625. The smallest absolute Gasteiger partial charge is 0.307 e. The molecule has 2 aliphatic carbocycles. The van der Waals surface area contributed by atoms with Crippen molar-refractivity contribution in [2.45, 2.75) is 32.1 Å². The van der Waals surface area contributed by atoms with Crippen molar-refractivity contribution >= 4 is 11.9 Å². The number of aliphatic hydroxyl groups excluding tert-OH is 1. The summed E-state index contributed by atoms with van der Waals surface area (Å²) in [7, 11) is 0. The minimum atomic E-state index is -0.902. The summed E-state index contributed by atoms with van der Waals surface area (Å²) < 4.78 is 0. The van der Waals surface area contributed by atoms with E-state index < -0.39 is 17.8 Å². The fourth-order valence-electron chi connectivity index (χ4n) is 2.71. The first kappa shape index (κ1) is 14.1. The molecule has 2 atom stereocenters. The highest BCUT2D eigenvalue weighted by Gasteiger charge is 2.43. The first-order valence-corrected chi connectivity index (χ1v) is 6.84. The lowest BCUT2D eigenvalue weighted by atomic mass is 9.82. The number of nitrogens with one attached hydrogen (secondary N) is 1. The Balaban J connectivity index is 1.88. The minimum Gasteiger partial charge on any atom is -0.481 e. The number of carboxylic acid groups (broad SMARTS) is 1. The standard InChI is InChI=1S/C14H21NO4/c16-8-7-14(5-6-14)9-15-12(17)10-3-1-2-4-11(10)13(18)19/h1-2,10-11,16H,3-9H2,(H,15,17)(H,18,19)/t10-,11+/m1/s1. The fourth-order valence-corrected chi connectivity index (χ4v) is 2.71. The molecule has 3 N–H and O–H groups in total. The Hall–Kier alpha value is -1.36. The third-order valence-corrected chi connectivity index (χ3v) is 4.32. The van der Waals surface area contributed by atoms with Gasteiger partial charge >= 0.3 is 5.97 Å². The molecule has 0 aliphatic heterocycles. The van der Waals surface area contributed by atoms with Crippen LogP contribution in [0.25, 0.3) is 0 Å². The third-order valence-electron chi connectivity index (χ3n) is 4.32. The number of aliphatic carboxylic acids is 1. The number of carboxylic acids is 1. The van der Waals surface area contributed by atoms with Crippen LogP contribution in [-0.2, 0) is 9.59 Å². The third kappa shape index (κ3) is 3.35. The normalized spacial score (nSPS) is 27.8. The lowest BCUT2D eigenvalue weighted by Crippen LogP contribution is -2.41. The van der Waals surface area contributed by atoms with Crippen molar-refractivity contribution in [3.05, 3.63) is 12.2 Å². The van der Waals surface area contributed by atoms with Crippen molar-refractivity contribution in [2.24, 2.45) is 17.3 Å². The predicted octanol–water partition coefficient (Wildman–Crippen LogP) is 0.932. The van der Waals surface area contributed by atoms with Gasteiger partial charge in [-0.3, -0.25) is 9.59 Å². The van der Waals surface area contributed by atoms with E-state index in [1.807, 2.05) is 12.2 Å². The number of hydrogen-bond donors (Lipinski definition) is 3. The molecule has 5 nitrogen and oxygen atoms in total. The summed E-state index contributed by atoms with van der Waals surface area (Å²) >= 11 is 0. The maximum absolute atomic E-state index is 12.1. The van der Waals surface area contributed by atoms with Gasteiger partial charge in [-0.25, -0.2) is 0 Å². The van der Waals surface area contributed by atoms with Gasteiger partial charge in [0.15, 0.2) is 0 Å². The molecule has 1 amide bonds. The Labute approximate surface area is 112 Å². The van der Waals surface area contributed by atoms with Gasteiger partial charge < -0.3 is 15.5 Å². The van der Waals surface area contributed by atoms with Crippen LogP contribution in [0.1, 0.15) is 32.1 Å². The second kappa shape index (κ2) is 5.74. The Morgan fingerprint density at radius 1 is 1.21 bits per heavy atom. The number of carbonyl (C=O) groups excluding carboxylic acids is 1. The fraction of sp³-hybridized carbons (Fsp3) is 0.714. The molecule has 0 radical (unpaired) electrons. The molecule has 0 spiro atoms. The lowest BCUT2D eigenvalue weighted by Gasteiger charge is -2.25. The zero-order valence-corrected chi connectivity index (χ0v) is 11.0. The molecule has 0 aromatic heterocycles. The molecular formula is C14H21NO4. The molecule has 106 valence electrons. The van der Waals surface area contributed by atoms with Gasteiger partial charge in [0.25, 0.3) is 0 Å². The van der Waals surface area contributed by atoms with Crippen LogP contribution in [-0.4, -0.2) is 35.2 Å². The van der Waals surface area contributed by atoms with E-state index in [4.69, 9.17) is 10.2 Å². The van der Waals surface area contributed by atoms with Crippen LogP contribution < -0.4 is 5.32 Å². The monoisotopic (exact) mass is 267 g/mol. The van der Waals surface area contributed by atoms with Crippen molar-refractivity contribution in [3.63, 3.8) is 0 Å². The summed E-state index contributed by atoms with van der Waals surface area (Å²) in [6, 6.07) is 0. The van der Waals surface area contributed by atoms with Crippen LogP contribution in [0.3, 0.4) is 0 Å². The molecule has 1 saturated carbocycles. The van der Waals surface area contributed by atoms with Crippen molar-refractivity contribution < 1.29 is 19.8 Å². The van der Waals surface area contributed by atoms with Crippen molar-refractivity contribution in [2.75, 3.05) is 13.2 Å². The van der Waals surface area contributed by atoms with E-state index in [1.54, 1.807) is 0 Å². The van der Waals surface area contributed by atoms with Crippen molar-refractivity contribution in [1.82, 2.24) is 5.32 Å². The maximum Gasteiger partial charge on any atom is 0.307 e. The van der Waals surface area contributed by atoms with Gasteiger partial charge in [0.1, 0.15) is 0 Å². The Bertz CT molecular complexity index is 387. The molecule has 0 heterocycles. The number of carbonyl (C=O) groups is 2. The Morgan fingerprint density at radius 2 is 1.84 bits per heavy atom. The molecular weight excluding hydrogens is 246 g/mol. The molecule has 0 saturated heterocycles. The van der Waals surface area contributed by atoms with E-state index in [9.17, 15) is 9.59 Å². The van der Waals surface area contributed by atoms with Gasteiger partial charge in [-0.2, -0.15) is 0 Å². The molecule has 19 heavy (non-hydrogen) atoms. The largest absolute Gasteiger partial charge is 0.481 e. The van der Waals surface area contributed by atoms with E-state index in [0.29, 0.717) is 25.8 Å². The average Bonchev–Trinajstić information content (AvgIpc) is 3.17. The van der Waals surface area contributed by atoms with Gasteiger partial charge in [-0.05, 0) is 37.5 Å². The molecule has 1 fully saturated rings. The maximum atomic E-state index is 12.1. The highest BCUT2D eigenvalue weighted by molar-refractivity contribution is 5.85. The number of rotatable bonds is 6. The SMILES string of the molecule is O=C(O)[C@H]1CC=CC[C@H]1C(=O)NCC1(CCO)CC1. The topological polar surface area (TPSA) is 86.6 Å². The van der Waals surface area contributed by atoms with E-state index in [1.165, 1.54) is 0 Å². The number of allylic oxidation sites excluding steroid dienone is 2. The van der Waals surface area contributed by atoms with E-state index in [0.717, 1.165) is 12.8 Å². The summed E-state index contributed by atoms with van der Waals surface area (Å²) in [5, 5.41) is 21.0. The van der Waals surface area contributed by atoms with Crippen LogP contribution in [0.4, 0.5) is 0 Å². The first-order valence-electron chi connectivity index (χ1n) is 6.84. The predicted molar refractivity (Wildman–Crippen MR) is 69.4 cm³/mol. The van der Waals surface area contributed by atoms with Crippen LogP contribution in [0, 0.1) is 17.3 Å². The highest BCUT2D eigenvalue weighted by atomic mass is 16.4. The van der Waals surface area contributed by atoms with E-state index in [2.05, 4.69) is 5.32 Å². The van der Waals surface area contributed by atoms with Crippen molar-refractivity contribution in [3.8, 4) is 0 Å². The zero-order valence-electron chi connectivity index (χ0n) is 11.0. The molecule has 5 heteroatoms. The summed E-state index contributed by atoms with van der Waals surface area (Å²) in [5.74, 6) is -2.15. The van der Waals surface area contributed by atoms with E-state index >= 15 is 0 Å². The number of hydrogen-bond acceptors (Lipinski definition) is 3. The van der Waals surface area contributed by atoms with Gasteiger partial charge in [0.05, 0.1) is 11.8 Å². The second-order valence-corrected chi connectivity index (χ2v) is 5.69. The summed E-state index contributed by atoms with van der Waals surface area (Å²) in [6.07, 6.45) is 7.40. The average molecular weight is 267 g/mol. The van der Waals surface area contributed by atoms with Gasteiger partial charge in [0.2, 0.25) is 5.91 Å². The highest BCUT2D eigenvalue weighted by Crippen LogP contribution is 2.48. The zero-order chi connectivity index (χ0) is 13.9. The summed E-state index contributed by atoms with van der Waals surface area (Å²) in [4.78, 5) is 23.3. The van der Waals surface area contributed by atoms with E-state index in [-0.39, 0.29) is 17.9 Å². The van der Waals surface area contributed by atoms with Crippen LogP contribution in [0.2, 0.25) is 0 Å². The lowest BCUT2D eigenvalue weighted by molar-refractivity contribution is -0.147. The van der Waals surface area contributed by atoms with Gasteiger partial charge in [0, 0.05) is 13.2 Å². The Morgan fingerprint density at radius 3 is 2.37 bits per heavy atom. The molecule has 0 bridgehead atoms. The van der Waals surface area contributed by atoms with Gasteiger partial charge in [-0.1, -0.05) is 12.2 Å². The molecule has 2 aliphatic rings. The van der Waals surface area contributed by atoms with Crippen LogP contribution in [0.5, 0.6) is 0 Å². The van der Waals surface area contributed by atoms with Gasteiger partial charge in [-0.15, -0.1) is 0 Å². The summed E-state index contributed by atoms with van der Waals surface area (Å²) in [5.41, 5.74) is 0.0631. The second-order valence-electron chi connectivity index (χ2n) is 5.69. The van der Waals surface area contributed by atoms with Crippen LogP contribution >= 0.6 is 0 Å². The minimum absolute atomic E-state index is 0.0631. The number of aliphatic hydroxyl groups is 1. The van der Waals surface area contributed by atoms with Crippen molar-refractivity contribution in [1.29, 1.82) is 0 Å². The first-order chi connectivity index (χ1) is 9.08. The molecule has 0 aromatic rings.